The summed E-state index contributed by atoms with van der Waals surface area (Å²) < 4.78 is 0. The van der Waals surface area contributed by atoms with E-state index >= 15 is 0 Å². The molecule has 2 aromatic carbocycles. The van der Waals surface area contributed by atoms with Gasteiger partial charge in [-0.15, -0.1) is 0 Å². The van der Waals surface area contributed by atoms with Gasteiger partial charge in [-0.3, -0.25) is 33.7 Å². The van der Waals surface area contributed by atoms with Gasteiger partial charge >= 0.3 is 0 Å². The van der Waals surface area contributed by atoms with Crippen molar-refractivity contribution in [1.29, 1.82) is 0 Å². The van der Waals surface area contributed by atoms with Crippen LogP contribution in [0.15, 0.2) is 79.4 Å². The second-order valence-corrected chi connectivity index (χ2v) is 22.4. The summed E-state index contributed by atoms with van der Waals surface area (Å²) in [5, 5.41) is 14.0. The molecule has 5 aromatic rings. The number of aromatic amines is 1. The number of rotatable bonds is 24. The van der Waals surface area contributed by atoms with Crippen molar-refractivity contribution in [2.45, 2.75) is 109 Å². The molecule has 0 radical (unpaired) electrons. The number of piperazine rings is 1. The fourth-order valence-corrected chi connectivity index (χ4v) is 10.7. The van der Waals surface area contributed by atoms with Crippen molar-refractivity contribution in [3.05, 3.63) is 101 Å². The molecular weight excluding hydrogens is 1060 g/mol. The molecule has 20 nitrogen and oxygen atoms in total. The number of likely N-dealkylation sites (tertiary alicyclic amines) is 1. The van der Waals surface area contributed by atoms with Crippen LogP contribution >= 0.6 is 11.6 Å². The molecule has 6 amide bonds. The Kier molecular flexibility index (Phi) is 23.6. The number of amides is 6. The van der Waals surface area contributed by atoms with Crippen LogP contribution in [0.1, 0.15) is 119 Å². The summed E-state index contributed by atoms with van der Waals surface area (Å²) in [7, 11) is 3.59. The molecule has 0 spiro atoms. The number of hydrogen-bond donors (Lipinski definition) is 6. The number of anilines is 2. The maximum Gasteiger partial charge on any atom is 0.272 e. The lowest BCUT2D eigenvalue weighted by Gasteiger charge is -2.39. The topological polar surface area (TPSA) is 247 Å². The van der Waals surface area contributed by atoms with Crippen LogP contribution in [-0.2, 0) is 30.4 Å². The second kappa shape index (κ2) is 30.9. The number of unbranched alkanes of at least 4 members (excludes halogenated alkanes) is 4. The molecule has 3 aromatic heterocycles. The fraction of sp³-hybridized carbons (Fsp3) is 0.525. The smallest absolute Gasteiger partial charge is 0.272 e. The van der Waals surface area contributed by atoms with Gasteiger partial charge < -0.3 is 51.6 Å². The minimum Gasteiger partial charge on any atom is -0.356 e. The van der Waals surface area contributed by atoms with Crippen LogP contribution in [0.2, 0.25) is 5.02 Å². The van der Waals surface area contributed by atoms with Gasteiger partial charge in [0, 0.05) is 122 Å². The first-order valence-electron chi connectivity index (χ1n) is 29.3. The Hall–Kier alpha value is -7.00. The third kappa shape index (κ3) is 18.0. The van der Waals surface area contributed by atoms with Crippen molar-refractivity contribution in [1.82, 2.24) is 55.5 Å². The molecule has 6 heterocycles. The second-order valence-electron chi connectivity index (χ2n) is 22.0. The molecule has 2 unspecified atom stereocenters. The van der Waals surface area contributed by atoms with Gasteiger partial charge in [0.1, 0.15) is 17.8 Å². The van der Waals surface area contributed by atoms with Crippen molar-refractivity contribution in [2.24, 2.45) is 11.7 Å². The number of aromatic nitrogens is 4. The van der Waals surface area contributed by atoms with Crippen LogP contribution in [0.3, 0.4) is 0 Å². The highest BCUT2D eigenvalue weighted by Crippen LogP contribution is 2.30. The van der Waals surface area contributed by atoms with E-state index in [1.165, 1.54) is 5.56 Å². The molecule has 0 aliphatic carbocycles. The molecule has 7 N–H and O–H groups in total. The van der Waals surface area contributed by atoms with Gasteiger partial charge in [0.25, 0.3) is 5.91 Å². The Morgan fingerprint density at radius 3 is 2.34 bits per heavy atom. The number of nitrogens with zero attached hydrogens (tertiary/aromatic N) is 8. The van der Waals surface area contributed by atoms with Gasteiger partial charge in [0.05, 0.1) is 29.2 Å². The third-order valence-corrected chi connectivity index (χ3v) is 16.4. The lowest BCUT2D eigenvalue weighted by Crippen LogP contribution is -2.60. The highest BCUT2D eigenvalue weighted by Gasteiger charge is 2.39. The Labute approximate surface area is 488 Å². The molecule has 3 saturated heterocycles. The average molecular weight is 1150 g/mol. The largest absolute Gasteiger partial charge is 0.356 e. The number of halogens is 1. The van der Waals surface area contributed by atoms with Crippen LogP contribution in [-0.4, -0.2) is 173 Å². The van der Waals surface area contributed by atoms with Crippen molar-refractivity contribution in [2.75, 3.05) is 103 Å². The normalized spacial score (nSPS) is 16.7. The predicted molar refractivity (Wildman–Crippen MR) is 322 cm³/mol. The molecule has 21 heteroatoms. The number of hydrogen-bond acceptors (Lipinski definition) is 13. The zero-order valence-electron chi connectivity index (χ0n) is 48.6. The molecule has 3 aliphatic rings. The summed E-state index contributed by atoms with van der Waals surface area (Å²) in [6.07, 6.45) is 13.8. The molecular formula is C61H85ClN14O6. The van der Waals surface area contributed by atoms with Crippen molar-refractivity contribution < 1.29 is 28.8 Å². The van der Waals surface area contributed by atoms with Gasteiger partial charge in [0.2, 0.25) is 29.5 Å². The van der Waals surface area contributed by atoms with Gasteiger partial charge in [-0.1, -0.05) is 74.2 Å². The Bertz CT molecular complexity index is 2920. The summed E-state index contributed by atoms with van der Waals surface area (Å²) in [6, 6.07) is 19.2. The number of H-pyrrole nitrogens is 1. The number of aryl methyl sites for hydroxylation is 1. The quantitative estimate of drug-likeness (QED) is 0.0358. The maximum absolute atomic E-state index is 14.0. The van der Waals surface area contributed by atoms with E-state index in [4.69, 9.17) is 17.3 Å². The van der Waals surface area contributed by atoms with Crippen molar-refractivity contribution in [3.8, 4) is 11.1 Å². The minimum atomic E-state index is -1.02. The number of nitrogens with one attached hydrogen (secondary N) is 5. The highest BCUT2D eigenvalue weighted by molar-refractivity contribution is 6.30. The monoisotopic (exact) mass is 1140 g/mol. The summed E-state index contributed by atoms with van der Waals surface area (Å²) in [6.45, 7) is 12.9. The summed E-state index contributed by atoms with van der Waals surface area (Å²) in [4.78, 5) is 103. The van der Waals surface area contributed by atoms with Gasteiger partial charge in [-0.25, -0.2) is 15.0 Å². The summed E-state index contributed by atoms with van der Waals surface area (Å²) in [5.41, 5.74) is 11.0. The highest BCUT2D eigenvalue weighted by atomic mass is 35.5. The van der Waals surface area contributed by atoms with E-state index in [2.05, 4.69) is 70.1 Å². The van der Waals surface area contributed by atoms with Gasteiger partial charge in [-0.05, 0) is 105 Å². The van der Waals surface area contributed by atoms with Crippen LogP contribution in [0.5, 0.6) is 0 Å². The van der Waals surface area contributed by atoms with E-state index in [0.717, 1.165) is 105 Å². The molecule has 0 saturated carbocycles. The SMILES string of the molecule is CCN(C)C(C)=O.CCc1cccc(-c2cnc(C(=O)NCCCCCCCC(=O)N3CCN(CCC(NC(=O)C4(N)CCN(c5ncnc6[nH]ccc56)CC4)c4ccc(Cl)cc4)CC3)c(NC(=O)CNCC3CCN(C)C(=O)C3)c2)c1. The van der Waals surface area contributed by atoms with E-state index < -0.39 is 5.54 Å². The van der Waals surface area contributed by atoms with E-state index in [1.807, 2.05) is 67.5 Å². The van der Waals surface area contributed by atoms with E-state index in [1.54, 1.807) is 42.4 Å². The number of piperidine rings is 2. The molecule has 2 atom stereocenters. The first kappa shape index (κ1) is 62.6. The number of benzene rings is 2. The Balaban J connectivity index is 0.00000130. The molecule has 82 heavy (non-hydrogen) atoms. The standard InChI is InChI=1S/C56H74ClN13O5.C5H11NO/c1-3-39-10-9-11-42(32-39)43-34-47(65-48(71)37-59-35-40-18-24-67(2)50(73)33-40)51(62-36-43)54(74)61-22-8-6-4-5-7-12-49(72)69-30-28-68(29-31-69)25-19-46(41-13-15-44(57)16-14-41)66-55(75)56(58)20-26-70(27-21-56)53-45-17-23-60-52(45)63-38-64-53;1-4-6(3)5(2)7/h9-11,13-17,23,32,34,36,38,40,46,59H,3-8,12,18-22,24-31,33,35,37,58H2,1-2H3,(H,61,74)(H,65,71)(H,66,75)(H,60,63,64);4H2,1-3H3. The molecule has 442 valence electrons. The first-order chi connectivity index (χ1) is 39.5. The number of carbonyl (C=O) groups is 6. The van der Waals surface area contributed by atoms with Crippen LogP contribution in [0.4, 0.5) is 11.5 Å². The van der Waals surface area contributed by atoms with Crippen molar-refractivity contribution in [3.63, 3.8) is 0 Å². The number of fused-ring (bicyclic) bond motifs is 1. The summed E-state index contributed by atoms with van der Waals surface area (Å²) in [5.74, 6) is 0.619. The van der Waals surface area contributed by atoms with Crippen LogP contribution in [0, 0.1) is 5.92 Å². The average Bonchev–Trinajstić information content (AvgIpc) is 4.03. The number of carbonyl (C=O) groups excluding carboxylic acids is 6. The van der Waals surface area contributed by atoms with Crippen molar-refractivity contribution >= 4 is 69.6 Å². The first-order valence-corrected chi connectivity index (χ1v) is 29.6. The fourth-order valence-electron chi connectivity index (χ4n) is 10.5. The third-order valence-electron chi connectivity index (χ3n) is 16.2. The van der Waals surface area contributed by atoms with E-state index in [9.17, 15) is 28.8 Å². The lowest BCUT2D eigenvalue weighted by atomic mass is 9.87. The molecule has 3 fully saturated rings. The lowest BCUT2D eigenvalue weighted by molar-refractivity contribution is -0.134. The van der Waals surface area contributed by atoms with Gasteiger partial charge in [-0.2, -0.15) is 0 Å². The minimum absolute atomic E-state index is 0.0406. The van der Waals surface area contributed by atoms with Crippen LogP contribution in [0.25, 0.3) is 22.2 Å². The Morgan fingerprint density at radius 2 is 1.63 bits per heavy atom. The van der Waals surface area contributed by atoms with Crippen LogP contribution < -0.4 is 31.9 Å². The molecule has 8 rings (SSSR count). The molecule has 3 aliphatic heterocycles. The zero-order chi connectivity index (χ0) is 58.6. The predicted octanol–water partition coefficient (Wildman–Crippen LogP) is 6.58. The maximum atomic E-state index is 14.0. The summed E-state index contributed by atoms with van der Waals surface area (Å²) >= 11 is 6.26. The van der Waals surface area contributed by atoms with Gasteiger partial charge in [0.15, 0.2) is 5.69 Å². The number of nitrogens with two attached hydrogens (primary N) is 1. The Morgan fingerprint density at radius 1 is 0.890 bits per heavy atom. The van der Waals surface area contributed by atoms with E-state index in [-0.39, 0.29) is 59.6 Å². The molecule has 0 bridgehead atoms. The number of pyridine rings is 1. The zero-order valence-corrected chi connectivity index (χ0v) is 49.4. The van der Waals surface area contributed by atoms with E-state index in [0.29, 0.717) is 88.6 Å².